The van der Waals surface area contributed by atoms with E-state index in [0.29, 0.717) is 39.4 Å². The van der Waals surface area contributed by atoms with Crippen LogP contribution in [0, 0.1) is 0 Å². The fourth-order valence-corrected chi connectivity index (χ4v) is 4.96. The Kier molecular flexibility index (Phi) is 8.11. The lowest BCUT2D eigenvalue weighted by Crippen LogP contribution is -2.58. The first-order chi connectivity index (χ1) is 17.5. The molecule has 4 rings (SSSR count). The second kappa shape index (κ2) is 11.0. The Balaban J connectivity index is 1.68. The number of hydrogen-bond acceptors (Lipinski definition) is 3. The van der Waals surface area contributed by atoms with Gasteiger partial charge in [-0.15, -0.1) is 0 Å². The lowest BCUT2D eigenvalue weighted by atomic mass is 9.99. The molecule has 0 radical (unpaired) electrons. The van der Waals surface area contributed by atoms with Gasteiger partial charge in [-0.3, -0.25) is 10.1 Å². The zero-order valence-corrected chi connectivity index (χ0v) is 23.0. The van der Waals surface area contributed by atoms with Gasteiger partial charge in [-0.05, 0) is 62.2 Å². The zero-order chi connectivity index (χ0) is 26.9. The molecule has 37 heavy (non-hydrogen) atoms. The number of benzene rings is 3. The molecule has 1 heterocycles. The molecule has 3 aromatic carbocycles. The zero-order valence-electron chi connectivity index (χ0n) is 20.0. The third kappa shape index (κ3) is 5.61. The van der Waals surface area contributed by atoms with Gasteiger partial charge in [0, 0.05) is 17.9 Å². The van der Waals surface area contributed by atoms with Crippen LogP contribution in [-0.2, 0) is 6.42 Å². The number of hydrogen-bond donors (Lipinski definition) is 2. The van der Waals surface area contributed by atoms with E-state index in [1.54, 1.807) is 36.9 Å². The van der Waals surface area contributed by atoms with Gasteiger partial charge < -0.3 is 10.2 Å². The predicted octanol–water partition coefficient (Wildman–Crippen LogP) is 7.81. The molecule has 1 saturated heterocycles. The molecule has 1 aliphatic rings. The molecular weight excluding hydrogens is 558 g/mol. The van der Waals surface area contributed by atoms with Crippen LogP contribution < -0.4 is 10.2 Å². The molecular formula is C26H24Cl4N4O3. The summed E-state index contributed by atoms with van der Waals surface area (Å²) in [5, 5.41) is 15.4. The number of rotatable bonds is 6. The second-order valence-corrected chi connectivity index (χ2v) is 10.7. The van der Waals surface area contributed by atoms with Crippen LogP contribution in [0.1, 0.15) is 19.4 Å². The van der Waals surface area contributed by atoms with Gasteiger partial charge in [0.25, 0.3) is 0 Å². The van der Waals surface area contributed by atoms with E-state index in [0.717, 1.165) is 5.56 Å². The quantitative estimate of drug-likeness (QED) is 0.230. The van der Waals surface area contributed by atoms with Crippen molar-refractivity contribution in [1.29, 1.82) is 0 Å². The summed E-state index contributed by atoms with van der Waals surface area (Å²) in [6, 6.07) is 17.7. The van der Waals surface area contributed by atoms with Crippen LogP contribution in [-0.4, -0.2) is 45.5 Å². The molecule has 3 aromatic rings. The Labute approximate surface area is 235 Å². The van der Waals surface area contributed by atoms with Crippen molar-refractivity contribution < 1.29 is 14.8 Å². The minimum Gasteiger partial charge on any atom is -0.315 e. The average Bonchev–Trinajstić information content (AvgIpc) is 3.06. The van der Waals surface area contributed by atoms with E-state index < -0.39 is 23.8 Å². The SMILES string of the molecule is CC1(C)[C@H](N(O)C(=O)Nc2ccc(Cl)c(Cl)c2)N(c2ccc(Cl)c(Cl)c2)C(=O)N1CCc1ccccc1. The third-order valence-corrected chi connectivity index (χ3v) is 7.75. The second-order valence-electron chi connectivity index (χ2n) is 9.07. The maximum Gasteiger partial charge on any atom is 0.347 e. The van der Waals surface area contributed by atoms with Crippen molar-refractivity contribution in [2.45, 2.75) is 32.0 Å². The number of carbonyl (C=O) groups is 2. The number of amides is 4. The van der Waals surface area contributed by atoms with Crippen molar-refractivity contribution in [3.8, 4) is 0 Å². The van der Waals surface area contributed by atoms with Crippen molar-refractivity contribution in [2.75, 3.05) is 16.8 Å². The van der Waals surface area contributed by atoms with Crippen LogP contribution >= 0.6 is 46.4 Å². The summed E-state index contributed by atoms with van der Waals surface area (Å²) in [7, 11) is 0. The van der Waals surface area contributed by atoms with Gasteiger partial charge in [0.1, 0.15) is 0 Å². The van der Waals surface area contributed by atoms with Gasteiger partial charge in [0.05, 0.1) is 25.6 Å². The summed E-state index contributed by atoms with van der Waals surface area (Å²) >= 11 is 24.4. The summed E-state index contributed by atoms with van der Waals surface area (Å²) in [4.78, 5) is 29.9. The molecule has 0 aliphatic carbocycles. The van der Waals surface area contributed by atoms with Crippen molar-refractivity contribution in [2.24, 2.45) is 0 Å². The molecule has 7 nitrogen and oxygen atoms in total. The van der Waals surface area contributed by atoms with Crippen LogP contribution in [0.3, 0.4) is 0 Å². The molecule has 4 amide bonds. The number of halogens is 4. The highest BCUT2D eigenvalue weighted by Crippen LogP contribution is 2.40. The number of nitrogens with one attached hydrogen (secondary N) is 1. The molecule has 1 atom stereocenters. The maximum atomic E-state index is 13.8. The predicted molar refractivity (Wildman–Crippen MR) is 148 cm³/mol. The Morgan fingerprint density at radius 3 is 2.19 bits per heavy atom. The Morgan fingerprint density at radius 2 is 1.57 bits per heavy atom. The van der Waals surface area contributed by atoms with Crippen molar-refractivity contribution >= 4 is 69.8 Å². The fraction of sp³-hybridized carbons (Fsp3) is 0.231. The molecule has 1 aliphatic heterocycles. The van der Waals surface area contributed by atoms with Gasteiger partial charge >= 0.3 is 12.1 Å². The Hall–Kier alpha value is -2.68. The first-order valence-electron chi connectivity index (χ1n) is 11.3. The average molecular weight is 582 g/mol. The highest BCUT2D eigenvalue weighted by Gasteiger charge is 2.55. The van der Waals surface area contributed by atoms with Crippen LogP contribution in [0.15, 0.2) is 66.7 Å². The van der Waals surface area contributed by atoms with Crippen LogP contribution in [0.5, 0.6) is 0 Å². The van der Waals surface area contributed by atoms with E-state index in [1.165, 1.54) is 23.1 Å². The summed E-state index contributed by atoms with van der Waals surface area (Å²) in [6.07, 6.45) is -0.533. The summed E-state index contributed by atoms with van der Waals surface area (Å²) < 4.78 is 0. The first-order valence-corrected chi connectivity index (χ1v) is 12.9. The van der Waals surface area contributed by atoms with E-state index in [1.807, 2.05) is 30.3 Å². The van der Waals surface area contributed by atoms with E-state index in [-0.39, 0.29) is 10.0 Å². The smallest absolute Gasteiger partial charge is 0.315 e. The van der Waals surface area contributed by atoms with Crippen LogP contribution in [0.2, 0.25) is 20.1 Å². The maximum absolute atomic E-state index is 13.8. The topological polar surface area (TPSA) is 76.1 Å². The molecule has 0 spiro atoms. The number of urea groups is 2. The number of hydroxylamine groups is 2. The molecule has 0 unspecified atom stereocenters. The third-order valence-electron chi connectivity index (χ3n) is 6.27. The van der Waals surface area contributed by atoms with Gasteiger partial charge in [-0.25, -0.2) is 9.59 Å². The van der Waals surface area contributed by atoms with Crippen LogP contribution in [0.4, 0.5) is 21.0 Å². The van der Waals surface area contributed by atoms with Crippen LogP contribution in [0.25, 0.3) is 0 Å². The van der Waals surface area contributed by atoms with E-state index in [2.05, 4.69) is 5.32 Å². The normalized spacial score (nSPS) is 16.7. The molecule has 0 aromatic heterocycles. The minimum absolute atomic E-state index is 0.232. The van der Waals surface area contributed by atoms with E-state index >= 15 is 0 Å². The standard InChI is InChI=1S/C26H24Cl4N4O3/c1-26(2)23(34(37)24(35)31-17-8-10-19(27)21(29)14-17)33(18-9-11-20(28)22(30)15-18)25(36)32(26)13-12-16-6-4-3-5-7-16/h3-11,14-15,23,37H,12-13H2,1-2H3,(H,31,35)/t23-/m0/s1. The highest BCUT2D eigenvalue weighted by molar-refractivity contribution is 6.42. The largest absolute Gasteiger partial charge is 0.347 e. The molecule has 0 saturated carbocycles. The van der Waals surface area contributed by atoms with E-state index in [4.69, 9.17) is 46.4 Å². The first kappa shape index (κ1) is 27.4. The lowest BCUT2D eigenvalue weighted by molar-refractivity contribution is -0.0947. The van der Waals surface area contributed by atoms with Gasteiger partial charge in [-0.2, -0.15) is 5.06 Å². The molecule has 194 valence electrons. The molecule has 2 N–H and O–H groups in total. The summed E-state index contributed by atoms with van der Waals surface area (Å²) in [5.74, 6) is 0. The van der Waals surface area contributed by atoms with Crippen molar-refractivity contribution in [3.05, 3.63) is 92.4 Å². The summed E-state index contributed by atoms with van der Waals surface area (Å²) in [5.41, 5.74) is 0.736. The number of anilines is 2. The fourth-order valence-electron chi connectivity index (χ4n) is 4.37. The van der Waals surface area contributed by atoms with Gasteiger partial charge in [0.2, 0.25) is 0 Å². The monoisotopic (exact) mass is 580 g/mol. The Bertz CT molecular complexity index is 1320. The highest BCUT2D eigenvalue weighted by atomic mass is 35.5. The molecule has 11 heteroatoms. The summed E-state index contributed by atoms with van der Waals surface area (Å²) in [6.45, 7) is 3.92. The minimum atomic E-state index is -1.12. The molecule has 0 bridgehead atoms. The number of carbonyl (C=O) groups excluding carboxylic acids is 2. The van der Waals surface area contributed by atoms with Crippen molar-refractivity contribution in [3.63, 3.8) is 0 Å². The van der Waals surface area contributed by atoms with Gasteiger partial charge in [-0.1, -0.05) is 76.7 Å². The van der Waals surface area contributed by atoms with Crippen molar-refractivity contribution in [1.82, 2.24) is 9.96 Å². The van der Waals surface area contributed by atoms with E-state index in [9.17, 15) is 14.8 Å². The number of nitrogens with zero attached hydrogens (tertiary/aromatic N) is 3. The Morgan fingerprint density at radius 1 is 0.946 bits per heavy atom. The molecule has 1 fully saturated rings. The lowest BCUT2D eigenvalue weighted by Gasteiger charge is -2.38. The van der Waals surface area contributed by atoms with Gasteiger partial charge in [0.15, 0.2) is 6.17 Å².